The van der Waals surface area contributed by atoms with Gasteiger partial charge < -0.3 is 9.47 Å². The second-order valence-corrected chi connectivity index (χ2v) is 6.67. The molecule has 0 saturated carbocycles. The molecule has 30 heavy (non-hydrogen) atoms. The van der Waals surface area contributed by atoms with E-state index in [-0.39, 0.29) is 5.91 Å². The van der Waals surface area contributed by atoms with Gasteiger partial charge in [-0.2, -0.15) is 10.1 Å². The van der Waals surface area contributed by atoms with Gasteiger partial charge in [-0.05, 0) is 42.8 Å². The van der Waals surface area contributed by atoms with Crippen molar-refractivity contribution in [3.05, 3.63) is 95.6 Å². The lowest BCUT2D eigenvalue weighted by Crippen LogP contribution is -2.21. The Morgan fingerprint density at radius 1 is 0.933 bits per heavy atom. The summed E-state index contributed by atoms with van der Waals surface area (Å²) in [7, 11) is 1.61. The number of hydrogen-bond acceptors (Lipinski definition) is 4. The van der Waals surface area contributed by atoms with Crippen LogP contribution in [0.1, 0.15) is 18.1 Å². The van der Waals surface area contributed by atoms with E-state index in [0.29, 0.717) is 29.4 Å². The number of ether oxygens (including phenoxy) is 2. The zero-order chi connectivity index (χ0) is 20.9. The molecule has 150 valence electrons. The number of benzene rings is 3. The number of nitrogens with zero attached hydrogens (tertiary/aromatic N) is 2. The average molecular weight is 398 g/mol. The zero-order valence-corrected chi connectivity index (χ0v) is 16.9. The zero-order valence-electron chi connectivity index (χ0n) is 16.9. The molecule has 0 aliphatic carbocycles. The van der Waals surface area contributed by atoms with E-state index in [9.17, 15) is 4.79 Å². The fraction of sp³-hybridized carbons (Fsp3) is 0.120. The van der Waals surface area contributed by atoms with Gasteiger partial charge in [-0.1, -0.05) is 54.6 Å². The molecule has 0 radical (unpaired) electrons. The van der Waals surface area contributed by atoms with Crippen molar-refractivity contribution in [1.82, 2.24) is 0 Å². The van der Waals surface area contributed by atoms with Crippen LogP contribution in [0.4, 0.5) is 5.69 Å². The van der Waals surface area contributed by atoms with Crippen molar-refractivity contribution in [2.75, 3.05) is 18.7 Å². The van der Waals surface area contributed by atoms with Crippen molar-refractivity contribution in [2.24, 2.45) is 5.10 Å². The molecule has 0 fully saturated rings. The first-order valence-corrected chi connectivity index (χ1v) is 9.77. The molecule has 5 nitrogen and oxygen atoms in total. The van der Waals surface area contributed by atoms with E-state index in [1.165, 1.54) is 5.01 Å². The fourth-order valence-corrected chi connectivity index (χ4v) is 3.32. The lowest BCUT2D eigenvalue weighted by Gasteiger charge is -2.11. The van der Waals surface area contributed by atoms with Crippen molar-refractivity contribution in [1.29, 1.82) is 0 Å². The average Bonchev–Trinajstić information content (AvgIpc) is 3.11. The molecule has 0 N–H and O–H groups in total. The molecule has 0 saturated heterocycles. The van der Waals surface area contributed by atoms with Crippen LogP contribution in [0.15, 0.2) is 89.5 Å². The number of anilines is 1. The third-order valence-corrected chi connectivity index (χ3v) is 4.72. The summed E-state index contributed by atoms with van der Waals surface area (Å²) >= 11 is 0. The molecule has 0 atom stereocenters. The predicted octanol–water partition coefficient (Wildman–Crippen LogP) is 4.93. The molecule has 1 aliphatic heterocycles. The second-order valence-electron chi connectivity index (χ2n) is 6.67. The molecule has 0 aromatic heterocycles. The number of carbonyl (C=O) groups is 1. The predicted molar refractivity (Wildman–Crippen MR) is 119 cm³/mol. The summed E-state index contributed by atoms with van der Waals surface area (Å²) in [4.78, 5) is 13.3. The van der Waals surface area contributed by atoms with Gasteiger partial charge in [0.2, 0.25) is 0 Å². The van der Waals surface area contributed by atoms with Crippen molar-refractivity contribution in [3.8, 4) is 11.5 Å². The molecular formula is C25H22N2O3. The lowest BCUT2D eigenvalue weighted by atomic mass is 10.00. The van der Waals surface area contributed by atoms with E-state index in [1.807, 2.05) is 91.9 Å². The number of rotatable bonds is 6. The van der Waals surface area contributed by atoms with Gasteiger partial charge in [-0.15, -0.1) is 0 Å². The van der Waals surface area contributed by atoms with E-state index in [2.05, 4.69) is 5.10 Å². The van der Waals surface area contributed by atoms with Crippen LogP contribution in [0.3, 0.4) is 0 Å². The summed E-state index contributed by atoms with van der Waals surface area (Å²) < 4.78 is 11.0. The van der Waals surface area contributed by atoms with E-state index < -0.39 is 0 Å². The highest BCUT2D eigenvalue weighted by atomic mass is 16.5. The first kappa shape index (κ1) is 19.5. The second kappa shape index (κ2) is 8.66. The van der Waals surface area contributed by atoms with Crippen LogP contribution in [-0.4, -0.2) is 25.3 Å². The number of methoxy groups -OCH3 is 1. The number of hydrogen-bond donors (Lipinski definition) is 0. The summed E-state index contributed by atoms with van der Waals surface area (Å²) in [6.45, 7) is 2.44. The van der Waals surface area contributed by atoms with E-state index >= 15 is 0 Å². The van der Waals surface area contributed by atoms with Gasteiger partial charge in [0, 0.05) is 5.56 Å². The van der Waals surface area contributed by atoms with Gasteiger partial charge in [0.25, 0.3) is 5.91 Å². The Kier molecular flexibility index (Phi) is 5.61. The minimum Gasteiger partial charge on any atom is -0.493 e. The highest BCUT2D eigenvalue weighted by Crippen LogP contribution is 2.31. The first-order chi connectivity index (χ1) is 14.7. The smallest absolute Gasteiger partial charge is 0.281 e. The number of carbonyl (C=O) groups excluding carboxylic acids is 1. The summed E-state index contributed by atoms with van der Waals surface area (Å²) in [5.41, 5.74) is 3.61. The maximum atomic E-state index is 13.3. The molecule has 0 spiro atoms. The molecule has 0 unspecified atom stereocenters. The summed E-state index contributed by atoms with van der Waals surface area (Å²) in [5.74, 6) is 1.12. The van der Waals surface area contributed by atoms with Gasteiger partial charge in [-0.25, -0.2) is 0 Å². The van der Waals surface area contributed by atoms with Crippen molar-refractivity contribution < 1.29 is 14.3 Å². The number of para-hydroxylation sites is 1. The molecule has 1 aliphatic rings. The molecule has 3 aromatic carbocycles. The van der Waals surface area contributed by atoms with Crippen LogP contribution in [0, 0.1) is 0 Å². The van der Waals surface area contributed by atoms with Gasteiger partial charge in [0.15, 0.2) is 11.5 Å². The number of hydrazone groups is 1. The summed E-state index contributed by atoms with van der Waals surface area (Å²) in [6.07, 6.45) is 1.85. The van der Waals surface area contributed by atoms with Crippen LogP contribution in [0.2, 0.25) is 0 Å². The molecule has 1 heterocycles. The quantitative estimate of drug-likeness (QED) is 0.553. The van der Waals surface area contributed by atoms with Gasteiger partial charge >= 0.3 is 0 Å². The van der Waals surface area contributed by atoms with E-state index in [4.69, 9.17) is 9.47 Å². The Bertz CT molecular complexity index is 1110. The van der Waals surface area contributed by atoms with E-state index in [0.717, 1.165) is 16.8 Å². The largest absolute Gasteiger partial charge is 0.493 e. The van der Waals surface area contributed by atoms with E-state index in [1.54, 1.807) is 7.11 Å². The molecule has 4 rings (SSSR count). The van der Waals surface area contributed by atoms with Crippen molar-refractivity contribution in [2.45, 2.75) is 6.92 Å². The minimum atomic E-state index is -0.172. The Morgan fingerprint density at radius 3 is 2.30 bits per heavy atom. The van der Waals surface area contributed by atoms with Crippen LogP contribution in [0.5, 0.6) is 11.5 Å². The topological polar surface area (TPSA) is 51.1 Å². The summed E-state index contributed by atoms with van der Waals surface area (Å²) in [6, 6.07) is 24.8. The third kappa shape index (κ3) is 3.82. The van der Waals surface area contributed by atoms with Crippen LogP contribution >= 0.6 is 0 Å². The summed E-state index contributed by atoms with van der Waals surface area (Å²) in [5, 5.41) is 6.10. The Morgan fingerprint density at radius 2 is 1.63 bits per heavy atom. The Hall–Kier alpha value is -3.86. The molecular weight excluding hydrogens is 376 g/mol. The lowest BCUT2D eigenvalue weighted by molar-refractivity contribution is -0.114. The SMILES string of the molecule is CCOc1cc(/C=C2\C(=O)N(c3ccccc3)N=C2c2ccccc2)ccc1OC. The normalized spacial score (nSPS) is 14.7. The standard InChI is InChI=1S/C25H22N2O3/c1-3-30-23-17-18(14-15-22(23)29-2)16-21-24(19-10-6-4-7-11-19)26-27(25(21)28)20-12-8-5-9-13-20/h4-17H,3H2,1-2H3/b21-16-. The highest BCUT2D eigenvalue weighted by Gasteiger charge is 2.31. The number of amides is 1. The van der Waals surface area contributed by atoms with Crippen molar-refractivity contribution in [3.63, 3.8) is 0 Å². The molecule has 3 aromatic rings. The monoisotopic (exact) mass is 398 g/mol. The first-order valence-electron chi connectivity index (χ1n) is 9.77. The van der Waals surface area contributed by atoms with Crippen LogP contribution < -0.4 is 14.5 Å². The van der Waals surface area contributed by atoms with Crippen LogP contribution in [0.25, 0.3) is 6.08 Å². The highest BCUT2D eigenvalue weighted by molar-refractivity contribution is 6.37. The maximum Gasteiger partial charge on any atom is 0.281 e. The van der Waals surface area contributed by atoms with Gasteiger partial charge in [0.1, 0.15) is 5.71 Å². The van der Waals surface area contributed by atoms with Crippen molar-refractivity contribution >= 4 is 23.4 Å². The third-order valence-electron chi connectivity index (χ3n) is 4.72. The molecule has 0 bridgehead atoms. The van der Waals surface area contributed by atoms with Gasteiger partial charge in [0.05, 0.1) is 25.0 Å². The minimum absolute atomic E-state index is 0.172. The molecule has 5 heteroatoms. The Balaban J connectivity index is 1.80. The van der Waals surface area contributed by atoms with Gasteiger partial charge in [-0.3, -0.25) is 4.79 Å². The van der Waals surface area contributed by atoms with Crippen LogP contribution in [-0.2, 0) is 4.79 Å². The maximum absolute atomic E-state index is 13.3. The Labute approximate surface area is 175 Å². The molecule has 1 amide bonds. The fourth-order valence-electron chi connectivity index (χ4n) is 3.32.